The molecule has 0 saturated carbocycles. The first-order chi connectivity index (χ1) is 4.49. The molecule has 0 spiro atoms. The second kappa shape index (κ2) is 2.51. The van der Waals surface area contributed by atoms with Gasteiger partial charge in [-0.15, -0.1) is 0 Å². The summed E-state index contributed by atoms with van der Waals surface area (Å²) in [4.78, 5) is 0. The van der Waals surface area contributed by atoms with E-state index in [4.69, 9.17) is 5.73 Å². The zero-order valence-corrected chi connectivity index (χ0v) is 7.15. The molecule has 2 atom stereocenters. The van der Waals surface area contributed by atoms with E-state index in [1.807, 2.05) is 0 Å². The van der Waals surface area contributed by atoms with Gasteiger partial charge in [-0.25, -0.2) is 0 Å². The Labute approximate surface area is 63.2 Å². The molecule has 0 aromatic rings. The van der Waals surface area contributed by atoms with Gasteiger partial charge in [0.15, 0.2) is 0 Å². The molecule has 0 aromatic heterocycles. The van der Waals surface area contributed by atoms with Crippen LogP contribution in [-0.4, -0.2) is 17.6 Å². The molecule has 0 amide bonds. The fourth-order valence-electron chi connectivity index (χ4n) is 1.98. The van der Waals surface area contributed by atoms with Crippen LogP contribution in [0.5, 0.6) is 0 Å². The van der Waals surface area contributed by atoms with Gasteiger partial charge in [-0.3, -0.25) is 0 Å². The molecular weight excluding hydrogens is 124 g/mol. The second-order valence-electron chi connectivity index (χ2n) is 4.13. The summed E-state index contributed by atoms with van der Waals surface area (Å²) in [5.41, 5.74) is 6.11. The average molecular weight is 142 g/mol. The molecule has 1 aliphatic heterocycles. The molecule has 1 fully saturated rings. The summed E-state index contributed by atoms with van der Waals surface area (Å²) in [5.74, 6) is 0. The largest absolute Gasteiger partial charge is 0.328 e. The van der Waals surface area contributed by atoms with E-state index in [0.29, 0.717) is 12.1 Å². The van der Waals surface area contributed by atoms with Crippen LogP contribution in [0.1, 0.15) is 33.6 Å². The maximum atomic E-state index is 5.86. The van der Waals surface area contributed by atoms with Crippen LogP contribution in [0.3, 0.4) is 0 Å². The van der Waals surface area contributed by atoms with E-state index in [1.165, 1.54) is 0 Å². The molecule has 2 heteroatoms. The van der Waals surface area contributed by atoms with E-state index in [9.17, 15) is 0 Å². The Hall–Kier alpha value is -0.0800. The lowest BCUT2D eigenvalue weighted by atomic mass is 9.87. The summed E-state index contributed by atoms with van der Waals surface area (Å²) in [6, 6.07) is 0.977. The molecule has 0 aliphatic carbocycles. The highest BCUT2D eigenvalue weighted by Crippen LogP contribution is 2.20. The van der Waals surface area contributed by atoms with Gasteiger partial charge in [-0.2, -0.15) is 0 Å². The second-order valence-corrected chi connectivity index (χ2v) is 4.13. The van der Waals surface area contributed by atoms with Gasteiger partial charge >= 0.3 is 0 Å². The number of hydrogen-bond donors (Lipinski definition) is 2. The Kier molecular flexibility index (Phi) is 2.02. The third-order valence-corrected chi connectivity index (χ3v) is 2.07. The SMILES string of the molecule is C[C@@H]1C[C@H](N)CC(C)(C)N1. The predicted octanol–water partition coefficient (Wildman–Crippen LogP) is 0.864. The van der Waals surface area contributed by atoms with Crippen molar-refractivity contribution < 1.29 is 0 Å². The van der Waals surface area contributed by atoms with Crippen molar-refractivity contribution in [1.82, 2.24) is 5.32 Å². The van der Waals surface area contributed by atoms with E-state index in [1.54, 1.807) is 0 Å². The molecule has 1 saturated heterocycles. The molecule has 0 radical (unpaired) electrons. The minimum absolute atomic E-state index is 0.247. The molecule has 1 aliphatic rings. The van der Waals surface area contributed by atoms with Gasteiger partial charge in [-0.1, -0.05) is 0 Å². The summed E-state index contributed by atoms with van der Waals surface area (Å²) in [6.45, 7) is 6.62. The maximum absolute atomic E-state index is 5.86. The van der Waals surface area contributed by atoms with Crippen molar-refractivity contribution in [3.05, 3.63) is 0 Å². The highest BCUT2D eigenvalue weighted by molar-refractivity contribution is 4.91. The van der Waals surface area contributed by atoms with Gasteiger partial charge < -0.3 is 11.1 Å². The van der Waals surface area contributed by atoms with Gasteiger partial charge in [0.05, 0.1) is 0 Å². The highest BCUT2D eigenvalue weighted by Gasteiger charge is 2.28. The van der Waals surface area contributed by atoms with Gasteiger partial charge in [0.2, 0.25) is 0 Å². The van der Waals surface area contributed by atoms with Crippen molar-refractivity contribution >= 4 is 0 Å². The van der Waals surface area contributed by atoms with Crippen LogP contribution in [0.15, 0.2) is 0 Å². The lowest BCUT2D eigenvalue weighted by molar-refractivity contribution is 0.230. The Morgan fingerprint density at radius 2 is 2.10 bits per heavy atom. The maximum Gasteiger partial charge on any atom is 0.0142 e. The number of rotatable bonds is 0. The predicted molar refractivity (Wildman–Crippen MR) is 43.9 cm³/mol. The van der Waals surface area contributed by atoms with Crippen molar-refractivity contribution in [3.8, 4) is 0 Å². The van der Waals surface area contributed by atoms with Crippen molar-refractivity contribution in [2.45, 2.75) is 51.2 Å². The number of piperidine rings is 1. The number of nitrogens with two attached hydrogens (primary N) is 1. The Morgan fingerprint density at radius 1 is 1.50 bits per heavy atom. The quantitative estimate of drug-likeness (QED) is 0.526. The van der Waals surface area contributed by atoms with E-state index < -0.39 is 0 Å². The Balaban J connectivity index is 2.51. The normalized spacial score (nSPS) is 39.6. The Bertz CT molecular complexity index is 108. The topological polar surface area (TPSA) is 38.0 Å². The van der Waals surface area contributed by atoms with Gasteiger partial charge in [0.1, 0.15) is 0 Å². The third-order valence-electron chi connectivity index (χ3n) is 2.07. The first-order valence-electron chi connectivity index (χ1n) is 4.03. The van der Waals surface area contributed by atoms with E-state index >= 15 is 0 Å². The van der Waals surface area contributed by atoms with Crippen molar-refractivity contribution in [3.63, 3.8) is 0 Å². The molecule has 1 heterocycles. The molecule has 60 valence electrons. The van der Waals surface area contributed by atoms with Crippen molar-refractivity contribution in [1.29, 1.82) is 0 Å². The fourth-order valence-corrected chi connectivity index (χ4v) is 1.98. The smallest absolute Gasteiger partial charge is 0.0142 e. The highest BCUT2D eigenvalue weighted by atomic mass is 15.0. The van der Waals surface area contributed by atoms with Crippen LogP contribution in [0.2, 0.25) is 0 Å². The van der Waals surface area contributed by atoms with Crippen LogP contribution in [0.25, 0.3) is 0 Å². The van der Waals surface area contributed by atoms with E-state index in [2.05, 4.69) is 26.1 Å². The molecular formula is C8H18N2. The molecule has 2 nitrogen and oxygen atoms in total. The minimum atomic E-state index is 0.247. The zero-order chi connectivity index (χ0) is 7.78. The Morgan fingerprint density at radius 3 is 2.50 bits per heavy atom. The summed E-state index contributed by atoms with van der Waals surface area (Å²) in [5, 5.41) is 3.51. The summed E-state index contributed by atoms with van der Waals surface area (Å²) in [6.07, 6.45) is 2.21. The first kappa shape index (κ1) is 8.02. The molecule has 0 unspecified atom stereocenters. The van der Waals surface area contributed by atoms with Crippen LogP contribution in [0.4, 0.5) is 0 Å². The van der Waals surface area contributed by atoms with Gasteiger partial charge in [0.25, 0.3) is 0 Å². The van der Waals surface area contributed by atoms with E-state index in [0.717, 1.165) is 12.8 Å². The molecule has 3 N–H and O–H groups in total. The molecule has 0 aromatic carbocycles. The van der Waals surface area contributed by atoms with Gasteiger partial charge in [0, 0.05) is 17.6 Å². The lowest BCUT2D eigenvalue weighted by Crippen LogP contribution is -2.54. The minimum Gasteiger partial charge on any atom is -0.328 e. The molecule has 10 heavy (non-hydrogen) atoms. The first-order valence-corrected chi connectivity index (χ1v) is 4.03. The fraction of sp³-hybridized carbons (Fsp3) is 1.00. The third kappa shape index (κ3) is 1.96. The van der Waals surface area contributed by atoms with Crippen LogP contribution in [0, 0.1) is 0 Å². The zero-order valence-electron chi connectivity index (χ0n) is 7.15. The summed E-state index contributed by atoms with van der Waals surface area (Å²) >= 11 is 0. The van der Waals surface area contributed by atoms with Crippen LogP contribution < -0.4 is 11.1 Å². The lowest BCUT2D eigenvalue weighted by Gasteiger charge is -2.38. The van der Waals surface area contributed by atoms with E-state index in [-0.39, 0.29) is 5.54 Å². The molecule has 1 rings (SSSR count). The number of nitrogens with one attached hydrogen (secondary N) is 1. The average Bonchev–Trinajstić information content (AvgIpc) is 1.54. The molecule has 0 bridgehead atoms. The van der Waals surface area contributed by atoms with Crippen LogP contribution in [-0.2, 0) is 0 Å². The monoisotopic (exact) mass is 142 g/mol. The van der Waals surface area contributed by atoms with Gasteiger partial charge in [-0.05, 0) is 33.6 Å². The number of hydrogen-bond acceptors (Lipinski definition) is 2. The standard InChI is InChI=1S/C8H18N2/c1-6-4-7(9)5-8(2,3)10-6/h6-7,10H,4-5,9H2,1-3H3/t6-,7+/m1/s1. The van der Waals surface area contributed by atoms with Crippen molar-refractivity contribution in [2.24, 2.45) is 5.73 Å². The summed E-state index contributed by atoms with van der Waals surface area (Å²) in [7, 11) is 0. The van der Waals surface area contributed by atoms with Crippen LogP contribution >= 0.6 is 0 Å². The summed E-state index contributed by atoms with van der Waals surface area (Å²) < 4.78 is 0. The van der Waals surface area contributed by atoms with Crippen molar-refractivity contribution in [2.75, 3.05) is 0 Å².